The average Bonchev–Trinajstić information content (AvgIpc) is 2.85. The number of nitrogens with zero attached hydrogens (tertiary/aromatic N) is 1. The Morgan fingerprint density at radius 3 is 2.88 bits per heavy atom. The van der Waals surface area contributed by atoms with Crippen LogP contribution in [0.25, 0.3) is 0 Å². The predicted octanol–water partition coefficient (Wildman–Crippen LogP) is 2.39. The standard InChI is InChI=1S/C13H17NO3/c1-16-12-8-5-9-14(12)13(15)17-10-11-6-3-2-4-7-11/h2-4,6-7,12H,5,8-10H2,1H3/t12-/m1/s1. The minimum atomic E-state index is -0.293. The molecule has 1 amide bonds. The average molecular weight is 235 g/mol. The maximum Gasteiger partial charge on any atom is 0.412 e. The van der Waals surface area contributed by atoms with E-state index >= 15 is 0 Å². The second kappa shape index (κ2) is 5.68. The molecule has 17 heavy (non-hydrogen) atoms. The molecule has 0 spiro atoms. The summed E-state index contributed by atoms with van der Waals surface area (Å²) in [4.78, 5) is 13.5. The summed E-state index contributed by atoms with van der Waals surface area (Å²) < 4.78 is 10.5. The number of carbonyl (C=O) groups is 1. The zero-order valence-electron chi connectivity index (χ0n) is 9.96. The molecule has 0 radical (unpaired) electrons. The number of amides is 1. The summed E-state index contributed by atoms with van der Waals surface area (Å²) in [6.07, 6.45) is 1.44. The molecule has 1 saturated heterocycles. The highest BCUT2D eigenvalue weighted by molar-refractivity contribution is 5.68. The van der Waals surface area contributed by atoms with Crippen molar-refractivity contribution in [2.24, 2.45) is 0 Å². The van der Waals surface area contributed by atoms with Crippen LogP contribution in [-0.4, -0.2) is 30.9 Å². The highest BCUT2D eigenvalue weighted by atomic mass is 16.6. The van der Waals surface area contributed by atoms with Crippen molar-refractivity contribution in [3.63, 3.8) is 0 Å². The lowest BCUT2D eigenvalue weighted by Gasteiger charge is -2.22. The van der Waals surface area contributed by atoms with Crippen LogP contribution in [0.3, 0.4) is 0 Å². The van der Waals surface area contributed by atoms with Crippen molar-refractivity contribution in [3.8, 4) is 0 Å². The molecule has 2 rings (SSSR count). The number of likely N-dealkylation sites (tertiary alicyclic amines) is 1. The lowest BCUT2D eigenvalue weighted by atomic mass is 10.2. The Hall–Kier alpha value is -1.55. The van der Waals surface area contributed by atoms with Crippen LogP contribution in [-0.2, 0) is 16.1 Å². The molecular formula is C13H17NO3. The van der Waals surface area contributed by atoms with Crippen LogP contribution in [0.2, 0.25) is 0 Å². The first-order valence-electron chi connectivity index (χ1n) is 5.81. The van der Waals surface area contributed by atoms with Gasteiger partial charge in [-0.05, 0) is 18.4 Å². The smallest absolute Gasteiger partial charge is 0.412 e. The van der Waals surface area contributed by atoms with E-state index in [2.05, 4.69) is 0 Å². The van der Waals surface area contributed by atoms with Crippen LogP contribution in [0.1, 0.15) is 18.4 Å². The molecule has 1 aliphatic heterocycles. The Bertz CT molecular complexity index is 366. The quantitative estimate of drug-likeness (QED) is 0.807. The molecule has 4 heteroatoms. The van der Waals surface area contributed by atoms with Crippen molar-refractivity contribution in [2.75, 3.05) is 13.7 Å². The van der Waals surface area contributed by atoms with Gasteiger partial charge in [-0.2, -0.15) is 0 Å². The second-order valence-electron chi connectivity index (χ2n) is 4.07. The molecule has 1 heterocycles. The van der Waals surface area contributed by atoms with E-state index in [0.29, 0.717) is 13.2 Å². The van der Waals surface area contributed by atoms with E-state index < -0.39 is 0 Å². The molecule has 0 aliphatic carbocycles. The summed E-state index contributed by atoms with van der Waals surface area (Å²) in [6.45, 7) is 1.03. The molecular weight excluding hydrogens is 218 g/mol. The van der Waals surface area contributed by atoms with Crippen molar-refractivity contribution < 1.29 is 14.3 Å². The molecule has 92 valence electrons. The first-order chi connectivity index (χ1) is 8.31. The third kappa shape index (κ3) is 2.97. The number of hydrogen-bond donors (Lipinski definition) is 0. The number of rotatable bonds is 3. The molecule has 1 aliphatic rings. The lowest BCUT2D eigenvalue weighted by molar-refractivity contribution is -0.00751. The van der Waals surface area contributed by atoms with Gasteiger partial charge >= 0.3 is 6.09 Å². The second-order valence-corrected chi connectivity index (χ2v) is 4.07. The molecule has 0 bridgehead atoms. The van der Waals surface area contributed by atoms with Crippen LogP contribution in [0.5, 0.6) is 0 Å². The van der Waals surface area contributed by atoms with Gasteiger partial charge in [0.15, 0.2) is 0 Å². The first-order valence-corrected chi connectivity index (χ1v) is 5.81. The van der Waals surface area contributed by atoms with Gasteiger partial charge in [0.05, 0.1) is 0 Å². The van der Waals surface area contributed by atoms with Crippen LogP contribution < -0.4 is 0 Å². The van der Waals surface area contributed by atoms with Gasteiger partial charge in [-0.15, -0.1) is 0 Å². The van der Waals surface area contributed by atoms with Crippen LogP contribution in [0, 0.1) is 0 Å². The number of benzene rings is 1. The fourth-order valence-electron chi connectivity index (χ4n) is 1.99. The molecule has 1 aromatic carbocycles. The molecule has 0 unspecified atom stereocenters. The van der Waals surface area contributed by atoms with E-state index in [0.717, 1.165) is 18.4 Å². The van der Waals surface area contributed by atoms with Gasteiger partial charge in [-0.25, -0.2) is 4.79 Å². The Balaban J connectivity index is 1.85. The van der Waals surface area contributed by atoms with E-state index in [1.165, 1.54) is 0 Å². The topological polar surface area (TPSA) is 38.8 Å². The van der Waals surface area contributed by atoms with Gasteiger partial charge in [-0.3, -0.25) is 4.90 Å². The van der Waals surface area contributed by atoms with Crippen LogP contribution in [0.15, 0.2) is 30.3 Å². The van der Waals surface area contributed by atoms with Gasteiger partial charge in [0.25, 0.3) is 0 Å². The minimum Gasteiger partial charge on any atom is -0.444 e. The maximum atomic E-state index is 11.8. The van der Waals surface area contributed by atoms with E-state index in [1.54, 1.807) is 12.0 Å². The molecule has 1 fully saturated rings. The molecule has 0 N–H and O–H groups in total. The Labute approximate surface area is 101 Å². The van der Waals surface area contributed by atoms with Crippen molar-refractivity contribution >= 4 is 6.09 Å². The fourth-order valence-corrected chi connectivity index (χ4v) is 1.99. The third-order valence-corrected chi connectivity index (χ3v) is 2.91. The van der Waals surface area contributed by atoms with E-state index in [4.69, 9.17) is 9.47 Å². The normalized spacial score (nSPS) is 19.4. The summed E-state index contributed by atoms with van der Waals surface area (Å²) in [5.41, 5.74) is 0.994. The zero-order valence-corrected chi connectivity index (χ0v) is 9.96. The summed E-state index contributed by atoms with van der Waals surface area (Å²) >= 11 is 0. The van der Waals surface area contributed by atoms with Gasteiger partial charge in [0, 0.05) is 13.7 Å². The molecule has 4 nitrogen and oxygen atoms in total. The van der Waals surface area contributed by atoms with E-state index in [1.807, 2.05) is 30.3 Å². The van der Waals surface area contributed by atoms with Gasteiger partial charge in [0.2, 0.25) is 0 Å². The fraction of sp³-hybridized carbons (Fsp3) is 0.462. The largest absolute Gasteiger partial charge is 0.444 e. The van der Waals surface area contributed by atoms with Crippen LogP contribution >= 0.6 is 0 Å². The summed E-state index contributed by atoms with van der Waals surface area (Å²) in [6, 6.07) is 9.66. The Morgan fingerprint density at radius 1 is 1.41 bits per heavy atom. The van der Waals surface area contributed by atoms with Gasteiger partial charge in [-0.1, -0.05) is 30.3 Å². The monoisotopic (exact) mass is 235 g/mol. The number of carbonyl (C=O) groups excluding carboxylic acids is 1. The molecule has 1 aromatic rings. The van der Waals surface area contributed by atoms with Crippen molar-refractivity contribution in [1.82, 2.24) is 4.90 Å². The minimum absolute atomic E-state index is 0.127. The zero-order chi connectivity index (χ0) is 12.1. The molecule has 0 aromatic heterocycles. The van der Waals surface area contributed by atoms with Crippen molar-refractivity contribution in [3.05, 3.63) is 35.9 Å². The number of hydrogen-bond acceptors (Lipinski definition) is 3. The Kier molecular flexibility index (Phi) is 3.98. The number of methoxy groups -OCH3 is 1. The van der Waals surface area contributed by atoms with Crippen molar-refractivity contribution in [1.29, 1.82) is 0 Å². The lowest BCUT2D eigenvalue weighted by Crippen LogP contribution is -2.36. The highest BCUT2D eigenvalue weighted by Crippen LogP contribution is 2.18. The van der Waals surface area contributed by atoms with Crippen molar-refractivity contribution in [2.45, 2.75) is 25.7 Å². The third-order valence-electron chi connectivity index (χ3n) is 2.91. The van der Waals surface area contributed by atoms with Crippen LogP contribution in [0.4, 0.5) is 4.79 Å². The first kappa shape index (κ1) is 11.9. The molecule has 0 saturated carbocycles. The summed E-state index contributed by atoms with van der Waals surface area (Å²) in [5, 5.41) is 0. The number of ether oxygens (including phenoxy) is 2. The summed E-state index contributed by atoms with van der Waals surface area (Å²) in [7, 11) is 1.62. The Morgan fingerprint density at radius 2 is 2.18 bits per heavy atom. The highest BCUT2D eigenvalue weighted by Gasteiger charge is 2.29. The predicted molar refractivity (Wildman–Crippen MR) is 63.4 cm³/mol. The van der Waals surface area contributed by atoms with Gasteiger partial charge < -0.3 is 9.47 Å². The van der Waals surface area contributed by atoms with E-state index in [9.17, 15) is 4.79 Å². The van der Waals surface area contributed by atoms with E-state index in [-0.39, 0.29) is 12.3 Å². The maximum absolute atomic E-state index is 11.8. The van der Waals surface area contributed by atoms with Gasteiger partial charge in [0.1, 0.15) is 12.8 Å². The SMILES string of the molecule is CO[C@@H]1CCCN1C(=O)OCc1ccccc1. The molecule has 1 atom stereocenters. The summed E-state index contributed by atoms with van der Waals surface area (Å²) in [5.74, 6) is 0.